The fraction of sp³-hybridized carbons (Fsp3) is 0.571. The van der Waals surface area contributed by atoms with Crippen molar-refractivity contribution in [3.05, 3.63) is 29.3 Å². The Morgan fingerprint density at radius 2 is 2.16 bits per heavy atom. The first-order valence-corrected chi connectivity index (χ1v) is 8.40. The summed E-state index contributed by atoms with van der Waals surface area (Å²) in [5.74, 6) is 0.421. The van der Waals surface area contributed by atoms with Crippen LogP contribution in [0.15, 0.2) is 18.2 Å². The Balaban J connectivity index is 2.03. The van der Waals surface area contributed by atoms with Crippen molar-refractivity contribution in [2.45, 2.75) is 26.7 Å². The molecular weight excluding hydrogens is 260 g/mol. The van der Waals surface area contributed by atoms with Crippen LogP contribution in [0.3, 0.4) is 0 Å². The number of anilines is 1. The Morgan fingerprint density at radius 1 is 1.37 bits per heavy atom. The molecule has 0 saturated carbocycles. The number of rotatable bonds is 4. The van der Waals surface area contributed by atoms with Gasteiger partial charge in [-0.25, -0.2) is 8.42 Å². The highest BCUT2D eigenvalue weighted by molar-refractivity contribution is 7.92. The van der Waals surface area contributed by atoms with E-state index in [2.05, 4.69) is 10.0 Å². The summed E-state index contributed by atoms with van der Waals surface area (Å²) >= 11 is 0. The van der Waals surface area contributed by atoms with Gasteiger partial charge in [0.25, 0.3) is 0 Å². The highest BCUT2D eigenvalue weighted by Gasteiger charge is 2.21. The van der Waals surface area contributed by atoms with E-state index in [1.165, 1.54) is 0 Å². The van der Waals surface area contributed by atoms with Crippen LogP contribution in [0.25, 0.3) is 0 Å². The highest BCUT2D eigenvalue weighted by Crippen LogP contribution is 2.19. The van der Waals surface area contributed by atoms with E-state index in [-0.39, 0.29) is 11.7 Å². The first-order valence-electron chi connectivity index (χ1n) is 6.75. The van der Waals surface area contributed by atoms with Crippen molar-refractivity contribution in [2.75, 3.05) is 23.6 Å². The smallest absolute Gasteiger partial charge is 0.233 e. The molecule has 1 saturated heterocycles. The number of hydrogen-bond donors (Lipinski definition) is 2. The normalized spacial score (nSPS) is 20.2. The standard InChI is InChI=1S/C14H22N2O2S/c1-11-5-6-14(12(2)8-11)16-19(17,18)10-13-4-3-7-15-9-13/h5-6,8,13,15-16H,3-4,7,9-10H2,1-2H3. The molecule has 1 heterocycles. The largest absolute Gasteiger partial charge is 0.316 e. The fourth-order valence-electron chi connectivity index (χ4n) is 2.51. The van der Waals surface area contributed by atoms with Crippen LogP contribution in [0.2, 0.25) is 0 Å². The molecule has 106 valence electrons. The summed E-state index contributed by atoms with van der Waals surface area (Å²) in [6.45, 7) is 5.72. The van der Waals surface area contributed by atoms with E-state index in [9.17, 15) is 8.42 Å². The number of piperidine rings is 1. The minimum absolute atomic E-state index is 0.202. The van der Waals surface area contributed by atoms with E-state index >= 15 is 0 Å². The van der Waals surface area contributed by atoms with Gasteiger partial charge in [0.1, 0.15) is 0 Å². The quantitative estimate of drug-likeness (QED) is 0.888. The first kappa shape index (κ1) is 14.3. The summed E-state index contributed by atoms with van der Waals surface area (Å²) in [7, 11) is -3.26. The Hall–Kier alpha value is -1.07. The van der Waals surface area contributed by atoms with Crippen molar-refractivity contribution in [1.82, 2.24) is 5.32 Å². The van der Waals surface area contributed by atoms with Gasteiger partial charge in [0.05, 0.1) is 11.4 Å². The number of hydrogen-bond acceptors (Lipinski definition) is 3. The average molecular weight is 282 g/mol. The molecule has 1 atom stereocenters. The van der Waals surface area contributed by atoms with Crippen LogP contribution in [0.5, 0.6) is 0 Å². The van der Waals surface area contributed by atoms with Crippen molar-refractivity contribution in [2.24, 2.45) is 5.92 Å². The third kappa shape index (κ3) is 4.21. The van der Waals surface area contributed by atoms with Gasteiger partial charge in [0, 0.05) is 0 Å². The van der Waals surface area contributed by atoms with E-state index in [1.807, 2.05) is 32.0 Å². The summed E-state index contributed by atoms with van der Waals surface area (Å²) in [5, 5.41) is 3.25. The molecule has 2 rings (SSSR count). The zero-order chi connectivity index (χ0) is 13.9. The summed E-state index contributed by atoms with van der Waals surface area (Å²) in [4.78, 5) is 0. The van der Waals surface area contributed by atoms with Crippen molar-refractivity contribution in [1.29, 1.82) is 0 Å². The van der Waals surface area contributed by atoms with Crippen LogP contribution in [0.4, 0.5) is 5.69 Å². The number of nitrogens with one attached hydrogen (secondary N) is 2. The van der Waals surface area contributed by atoms with Gasteiger partial charge in [-0.3, -0.25) is 4.72 Å². The maximum atomic E-state index is 12.2. The molecule has 1 aromatic rings. The number of benzene rings is 1. The second-order valence-corrected chi connectivity index (χ2v) is 7.18. The molecule has 1 unspecified atom stereocenters. The Morgan fingerprint density at radius 3 is 2.79 bits per heavy atom. The van der Waals surface area contributed by atoms with E-state index < -0.39 is 10.0 Å². The van der Waals surface area contributed by atoms with Crippen molar-refractivity contribution in [3.63, 3.8) is 0 Å². The fourth-order valence-corrected chi connectivity index (χ4v) is 4.07. The van der Waals surface area contributed by atoms with Gasteiger partial charge in [-0.05, 0) is 57.3 Å². The second kappa shape index (κ2) is 5.92. The molecule has 2 N–H and O–H groups in total. The molecule has 0 bridgehead atoms. The summed E-state index contributed by atoms with van der Waals surface area (Å²) in [6.07, 6.45) is 2.05. The van der Waals surface area contributed by atoms with Crippen LogP contribution < -0.4 is 10.0 Å². The van der Waals surface area contributed by atoms with Crippen LogP contribution >= 0.6 is 0 Å². The molecule has 0 radical (unpaired) electrons. The van der Waals surface area contributed by atoms with E-state index in [0.717, 1.165) is 37.1 Å². The van der Waals surface area contributed by atoms with Gasteiger partial charge >= 0.3 is 0 Å². The molecule has 0 aliphatic carbocycles. The molecule has 1 aromatic carbocycles. The Bertz CT molecular complexity index is 534. The van der Waals surface area contributed by atoms with Crippen LogP contribution in [0, 0.1) is 19.8 Å². The molecule has 1 aliphatic rings. The molecular formula is C14H22N2O2S. The Labute approximate surface area is 115 Å². The lowest BCUT2D eigenvalue weighted by Gasteiger charge is -2.23. The third-order valence-corrected chi connectivity index (χ3v) is 4.94. The average Bonchev–Trinajstić information content (AvgIpc) is 2.33. The lowest BCUT2D eigenvalue weighted by Crippen LogP contribution is -2.35. The monoisotopic (exact) mass is 282 g/mol. The molecule has 19 heavy (non-hydrogen) atoms. The molecule has 0 amide bonds. The molecule has 0 aromatic heterocycles. The zero-order valence-corrected chi connectivity index (χ0v) is 12.4. The van der Waals surface area contributed by atoms with Crippen molar-refractivity contribution >= 4 is 15.7 Å². The SMILES string of the molecule is Cc1ccc(NS(=O)(=O)CC2CCCNC2)c(C)c1. The molecule has 1 fully saturated rings. The molecule has 5 heteroatoms. The van der Waals surface area contributed by atoms with E-state index in [1.54, 1.807) is 0 Å². The molecule has 4 nitrogen and oxygen atoms in total. The maximum absolute atomic E-state index is 12.2. The topological polar surface area (TPSA) is 58.2 Å². The lowest BCUT2D eigenvalue weighted by molar-refractivity contribution is 0.404. The zero-order valence-electron chi connectivity index (χ0n) is 11.6. The summed E-state index contributed by atoms with van der Waals surface area (Å²) in [6, 6.07) is 5.74. The first-order chi connectivity index (χ1) is 8.96. The van der Waals surface area contributed by atoms with Crippen LogP contribution in [-0.2, 0) is 10.0 Å². The number of sulfonamides is 1. The van der Waals surface area contributed by atoms with Gasteiger partial charge in [-0.1, -0.05) is 17.7 Å². The minimum atomic E-state index is -3.26. The lowest BCUT2D eigenvalue weighted by atomic mass is 10.0. The van der Waals surface area contributed by atoms with Crippen molar-refractivity contribution in [3.8, 4) is 0 Å². The maximum Gasteiger partial charge on any atom is 0.233 e. The van der Waals surface area contributed by atoms with Gasteiger partial charge in [-0.15, -0.1) is 0 Å². The van der Waals surface area contributed by atoms with Gasteiger partial charge in [-0.2, -0.15) is 0 Å². The van der Waals surface area contributed by atoms with Gasteiger partial charge in [0.15, 0.2) is 0 Å². The van der Waals surface area contributed by atoms with E-state index in [0.29, 0.717) is 5.69 Å². The van der Waals surface area contributed by atoms with Gasteiger partial charge < -0.3 is 5.32 Å². The predicted octanol–water partition coefficient (Wildman–Crippen LogP) is 2.04. The third-order valence-electron chi connectivity index (χ3n) is 3.50. The minimum Gasteiger partial charge on any atom is -0.316 e. The van der Waals surface area contributed by atoms with Crippen LogP contribution in [0.1, 0.15) is 24.0 Å². The van der Waals surface area contributed by atoms with Crippen molar-refractivity contribution < 1.29 is 8.42 Å². The summed E-state index contributed by atoms with van der Waals surface area (Å²) < 4.78 is 27.0. The van der Waals surface area contributed by atoms with Crippen LogP contribution in [-0.4, -0.2) is 27.3 Å². The predicted molar refractivity (Wildman–Crippen MR) is 78.9 cm³/mol. The van der Waals surface area contributed by atoms with Gasteiger partial charge in [0.2, 0.25) is 10.0 Å². The Kier molecular flexibility index (Phi) is 4.47. The van der Waals surface area contributed by atoms with E-state index in [4.69, 9.17) is 0 Å². The summed E-state index contributed by atoms with van der Waals surface area (Å²) in [5.41, 5.74) is 2.79. The second-order valence-electron chi connectivity index (χ2n) is 5.41. The molecule has 1 aliphatic heterocycles. The molecule has 0 spiro atoms. The number of aryl methyl sites for hydroxylation is 2. The highest BCUT2D eigenvalue weighted by atomic mass is 32.2.